The number of esters is 2. The third kappa shape index (κ3) is 6.43. The van der Waals surface area contributed by atoms with Crippen LogP contribution in [0, 0.1) is 0 Å². The second kappa shape index (κ2) is 11.8. The maximum Gasteiger partial charge on any atom is 0.335 e. The normalized spacial score (nSPS) is 16.7. The number of halogens is 2. The molecule has 0 N–H and O–H groups in total. The Kier molecular flexibility index (Phi) is 9.47. The molecule has 0 aromatic heterocycles. The third-order valence-electron chi connectivity index (χ3n) is 4.71. The first kappa shape index (κ1) is 25.6. The number of hydrogen-bond donors (Lipinski definition) is 0. The van der Waals surface area contributed by atoms with E-state index in [9.17, 15) is 9.59 Å². The van der Waals surface area contributed by atoms with Crippen LogP contribution in [-0.4, -0.2) is 36.9 Å². The molecule has 0 saturated heterocycles. The lowest BCUT2D eigenvalue weighted by Gasteiger charge is -2.26. The van der Waals surface area contributed by atoms with Crippen LogP contribution in [0.2, 0.25) is 5.02 Å². The van der Waals surface area contributed by atoms with Crippen LogP contribution in [0.1, 0.15) is 31.1 Å². The molecule has 32 heavy (non-hydrogen) atoms. The van der Waals surface area contributed by atoms with E-state index in [2.05, 4.69) is 4.99 Å². The average molecular weight is 523 g/mol. The minimum absolute atomic E-state index is 0. The van der Waals surface area contributed by atoms with E-state index in [0.717, 1.165) is 11.3 Å². The summed E-state index contributed by atoms with van der Waals surface area (Å²) in [7, 11) is 1.43. The van der Waals surface area contributed by atoms with Gasteiger partial charge in [-0.1, -0.05) is 60.1 Å². The molecule has 2 aromatic carbocycles. The Morgan fingerprint density at radius 2 is 1.78 bits per heavy atom. The van der Waals surface area contributed by atoms with Gasteiger partial charge in [-0.3, -0.25) is 4.99 Å². The minimum atomic E-state index is -0.982. The number of cyclic esters (lactones) is 1. The topological polar surface area (TPSA) is 74.2 Å². The van der Waals surface area contributed by atoms with Gasteiger partial charge in [-0.05, 0) is 25.5 Å². The Labute approximate surface area is 203 Å². The summed E-state index contributed by atoms with van der Waals surface area (Å²) in [5, 5.41) is 0.383. The molecule has 1 aliphatic rings. The zero-order valence-corrected chi connectivity index (χ0v) is 20.5. The van der Waals surface area contributed by atoms with Crippen molar-refractivity contribution < 1.29 is 23.8 Å². The van der Waals surface area contributed by atoms with Crippen molar-refractivity contribution >= 4 is 46.2 Å². The quantitative estimate of drug-likeness (QED) is 0.358. The van der Waals surface area contributed by atoms with Crippen LogP contribution in [0.15, 0.2) is 71.4 Å². The highest BCUT2D eigenvalue weighted by Crippen LogP contribution is 2.36. The van der Waals surface area contributed by atoms with Gasteiger partial charge in [0.05, 0.1) is 13.2 Å². The number of carbonyl (C=O) groups excluding carboxylic acids is 2. The number of carbonyl (C=O) groups is 2. The van der Waals surface area contributed by atoms with Crippen molar-refractivity contribution in [1.29, 1.82) is 0 Å². The van der Waals surface area contributed by atoms with Gasteiger partial charge in [0.25, 0.3) is 0 Å². The molecule has 0 radical (unpaired) electrons. The molecular weight excluding hydrogens is 498 g/mol. The van der Waals surface area contributed by atoms with Gasteiger partial charge in [-0.2, -0.15) is 0 Å². The molecule has 0 fully saturated rings. The summed E-state index contributed by atoms with van der Waals surface area (Å²) < 4.78 is 16.6. The average Bonchev–Trinajstić information content (AvgIpc) is 3.13. The van der Waals surface area contributed by atoms with E-state index in [4.69, 9.17) is 25.8 Å². The van der Waals surface area contributed by atoms with E-state index in [-0.39, 0.29) is 22.7 Å². The van der Waals surface area contributed by atoms with Crippen LogP contribution in [-0.2, 0) is 30.2 Å². The monoisotopic (exact) mass is 521 g/mol. The summed E-state index contributed by atoms with van der Waals surface area (Å²) in [6, 6.07) is 15.7. The zero-order valence-electron chi connectivity index (χ0n) is 18.0. The lowest BCUT2D eigenvalue weighted by Crippen LogP contribution is -2.32. The van der Waals surface area contributed by atoms with Crippen molar-refractivity contribution in [2.75, 3.05) is 7.11 Å². The van der Waals surface area contributed by atoms with Gasteiger partial charge in [-0.25, -0.2) is 9.59 Å². The molecule has 8 heteroatoms. The zero-order chi connectivity index (χ0) is 22.4. The summed E-state index contributed by atoms with van der Waals surface area (Å²) in [5.74, 6) is -0.857. The Bertz CT molecular complexity index is 1000. The summed E-state index contributed by atoms with van der Waals surface area (Å²) >= 11 is 6.38. The van der Waals surface area contributed by atoms with Crippen LogP contribution < -0.4 is 0 Å². The fraction of sp³-hybridized carbons (Fsp3) is 0.292. The Morgan fingerprint density at radius 3 is 2.41 bits per heavy atom. The van der Waals surface area contributed by atoms with Crippen molar-refractivity contribution in [3.8, 4) is 0 Å². The highest BCUT2D eigenvalue weighted by molar-refractivity contribution is 8.93. The second-order valence-corrected chi connectivity index (χ2v) is 7.68. The van der Waals surface area contributed by atoms with Crippen LogP contribution >= 0.6 is 28.6 Å². The maximum atomic E-state index is 13.2. The highest BCUT2D eigenvalue weighted by Gasteiger charge is 2.40. The molecule has 0 saturated carbocycles. The molecular formula is C24H25BrClNO5. The number of methoxy groups -OCH3 is 1. The van der Waals surface area contributed by atoms with Crippen LogP contribution in [0.4, 0.5) is 0 Å². The number of benzene rings is 2. The van der Waals surface area contributed by atoms with Gasteiger partial charge in [0.2, 0.25) is 0 Å². The third-order valence-corrected chi connectivity index (χ3v) is 5.05. The summed E-state index contributed by atoms with van der Waals surface area (Å²) in [6.45, 7) is 3.64. The summed E-state index contributed by atoms with van der Waals surface area (Å²) in [4.78, 5) is 29.6. The van der Waals surface area contributed by atoms with Crippen LogP contribution in [0.3, 0.4) is 0 Å². The lowest BCUT2D eigenvalue weighted by atomic mass is 10.0. The molecule has 0 aliphatic carbocycles. The molecule has 2 unspecified atom stereocenters. The smallest absolute Gasteiger partial charge is 0.335 e. The van der Waals surface area contributed by atoms with Crippen LogP contribution in [0.5, 0.6) is 0 Å². The van der Waals surface area contributed by atoms with Crippen molar-refractivity contribution in [1.82, 2.24) is 0 Å². The fourth-order valence-corrected chi connectivity index (χ4v) is 3.57. The first-order valence-corrected chi connectivity index (χ1v) is 10.2. The molecule has 3 atom stereocenters. The highest BCUT2D eigenvalue weighted by atomic mass is 79.9. The van der Waals surface area contributed by atoms with E-state index in [1.165, 1.54) is 13.2 Å². The lowest BCUT2D eigenvalue weighted by molar-refractivity contribution is -0.163. The molecule has 3 rings (SSSR count). The standard InChI is InChI=1S/C24H24ClNO5.BrH/c1-15(2)26-19(13-16-9-5-4-6-10-16)24(28)31-22(17-11-7-8-12-18(17)25)23-20(29-3)14-21(27)30-23;/h4-12,14,19,22-23H,13H2,1-3H3;1H/t19-,22?,23?;/m0./s1. The Morgan fingerprint density at radius 1 is 1.12 bits per heavy atom. The number of aliphatic imine (C=N–C) groups is 1. The molecule has 1 aliphatic heterocycles. The molecule has 0 bridgehead atoms. The Balaban J connectivity index is 0.00000363. The maximum absolute atomic E-state index is 13.2. The van der Waals surface area contributed by atoms with E-state index < -0.39 is 30.2 Å². The van der Waals surface area contributed by atoms with Crippen molar-refractivity contribution in [2.24, 2.45) is 4.99 Å². The van der Waals surface area contributed by atoms with Gasteiger partial charge in [0, 0.05) is 22.7 Å². The number of hydrogen-bond acceptors (Lipinski definition) is 6. The SMILES string of the molecule is Br.COC1=CC(=O)OC1C(OC(=O)[C@H](Cc1ccccc1)N=C(C)C)c1ccccc1Cl. The van der Waals surface area contributed by atoms with Crippen molar-refractivity contribution in [3.63, 3.8) is 0 Å². The number of ether oxygens (including phenoxy) is 3. The Hall–Kier alpha value is -2.64. The molecule has 170 valence electrons. The van der Waals surface area contributed by atoms with Gasteiger partial charge in [-0.15, -0.1) is 17.0 Å². The summed E-state index contributed by atoms with van der Waals surface area (Å²) in [6.07, 6.45) is -0.315. The van der Waals surface area contributed by atoms with Crippen molar-refractivity contribution in [2.45, 2.75) is 38.5 Å². The summed E-state index contributed by atoms with van der Waals surface area (Å²) in [5.41, 5.74) is 2.21. The predicted molar refractivity (Wildman–Crippen MR) is 128 cm³/mol. The number of rotatable bonds is 8. The molecule has 2 aromatic rings. The van der Waals surface area contributed by atoms with E-state index in [1.54, 1.807) is 24.3 Å². The van der Waals surface area contributed by atoms with Crippen LogP contribution in [0.25, 0.3) is 0 Å². The van der Waals surface area contributed by atoms with Gasteiger partial charge >= 0.3 is 11.9 Å². The van der Waals surface area contributed by atoms with Gasteiger partial charge in [0.1, 0.15) is 5.76 Å². The van der Waals surface area contributed by atoms with Gasteiger partial charge in [0.15, 0.2) is 18.2 Å². The first-order chi connectivity index (χ1) is 14.9. The molecule has 0 amide bonds. The van der Waals surface area contributed by atoms with E-state index >= 15 is 0 Å². The second-order valence-electron chi connectivity index (χ2n) is 7.27. The van der Waals surface area contributed by atoms with E-state index in [0.29, 0.717) is 17.0 Å². The fourth-order valence-electron chi connectivity index (χ4n) is 3.33. The predicted octanol–water partition coefficient (Wildman–Crippen LogP) is 5.05. The van der Waals surface area contributed by atoms with Gasteiger partial charge < -0.3 is 14.2 Å². The first-order valence-electron chi connectivity index (χ1n) is 9.85. The number of nitrogens with zero attached hydrogens (tertiary/aromatic N) is 1. The largest absolute Gasteiger partial charge is 0.497 e. The van der Waals surface area contributed by atoms with Crippen molar-refractivity contribution in [3.05, 3.63) is 82.6 Å². The molecule has 6 nitrogen and oxygen atoms in total. The van der Waals surface area contributed by atoms with E-state index in [1.807, 2.05) is 44.2 Å². The molecule has 0 spiro atoms. The molecule has 1 heterocycles. The minimum Gasteiger partial charge on any atom is -0.497 e.